The molecule has 0 radical (unpaired) electrons. The van der Waals surface area contributed by atoms with Crippen molar-refractivity contribution >= 4 is 23.3 Å². The van der Waals surface area contributed by atoms with E-state index in [-0.39, 0.29) is 40.2 Å². The third-order valence-corrected chi connectivity index (χ3v) is 8.99. The molecule has 0 aromatic heterocycles. The molecule has 226 valence electrons. The highest BCUT2D eigenvalue weighted by atomic mass is 16.6. The number of hydrogen-bond donors (Lipinski definition) is 0. The lowest BCUT2D eigenvalue weighted by molar-refractivity contribution is -0.229. The van der Waals surface area contributed by atoms with Gasteiger partial charge in [-0.3, -0.25) is 4.79 Å². The minimum absolute atomic E-state index is 0.00248. The average molecular weight is 553 g/mol. The molecular weight excluding hydrogens is 496 g/mol. The maximum atomic E-state index is 9.94. The fourth-order valence-corrected chi connectivity index (χ4v) is 6.96. The number of carbonyl (C=O) groups excluding carboxylic acids is 4. The van der Waals surface area contributed by atoms with Crippen molar-refractivity contribution in [2.75, 3.05) is 13.7 Å². The molecule has 2 bridgehead atoms. The molecule has 2 aliphatic heterocycles. The summed E-state index contributed by atoms with van der Waals surface area (Å²) in [4.78, 5) is 38.7. The second kappa shape index (κ2) is 15.2. The Morgan fingerprint density at radius 2 is 1.31 bits per heavy atom. The topological polar surface area (TPSA) is 99.3 Å². The summed E-state index contributed by atoms with van der Waals surface area (Å²) < 4.78 is 16.9. The van der Waals surface area contributed by atoms with Crippen LogP contribution in [-0.2, 0) is 33.4 Å². The van der Waals surface area contributed by atoms with Crippen LogP contribution in [0.4, 0.5) is 0 Å². The molecule has 39 heavy (non-hydrogen) atoms. The Balaban J connectivity index is 0.000000664. The molecule has 1 spiro atoms. The zero-order chi connectivity index (χ0) is 30.9. The predicted octanol–water partition coefficient (Wildman–Crippen LogP) is 6.41. The molecule has 4 aliphatic rings. The molecule has 2 aliphatic carbocycles. The number of methoxy groups -OCH3 is 1. The first kappa shape index (κ1) is 37.1. The lowest BCUT2D eigenvalue weighted by atomic mass is 9.44. The van der Waals surface area contributed by atoms with Gasteiger partial charge in [-0.05, 0) is 57.8 Å². The minimum atomic E-state index is -0.792. The second-order valence-electron chi connectivity index (χ2n) is 12.0. The van der Waals surface area contributed by atoms with Gasteiger partial charge in [-0.15, -0.1) is 0 Å². The largest absolute Gasteiger partial charge is 0.463 e. The molecule has 4 rings (SSSR count). The number of rotatable bonds is 2. The van der Waals surface area contributed by atoms with E-state index in [1.165, 1.54) is 47.6 Å². The van der Waals surface area contributed by atoms with Crippen molar-refractivity contribution in [3.63, 3.8) is 0 Å². The normalized spacial score (nSPS) is 38.0. The highest BCUT2D eigenvalue weighted by Crippen LogP contribution is 2.76. The van der Waals surface area contributed by atoms with Gasteiger partial charge in [0.25, 0.3) is 0 Å². The molecule has 6 unspecified atom stereocenters. The predicted molar refractivity (Wildman–Crippen MR) is 155 cm³/mol. The standard InChI is InChI=1S/C19H30O2.C4H6O3.2C3H6O.C3H8/c1-7-18-13(4)11(2)8-9-15(18)21-16-12(3)14(5)17(18,6)19(16)10-20-19;1-3(5)4(6)7-2;2*1-3(2)4;1-3-2/h8-9,11-16H,7,10H2,1-6H3;1-2H3;2*1-2H3;3H2,1-2H3/t11?,12?,13?,14-,15?,16?,17-,18?,19+;;;;/m1..../s1. The highest BCUT2D eigenvalue weighted by molar-refractivity contribution is 6.32. The molecular formula is C32H56O7. The van der Waals surface area contributed by atoms with Crippen LogP contribution >= 0.6 is 0 Å². The van der Waals surface area contributed by atoms with E-state index in [1.54, 1.807) is 0 Å². The van der Waals surface area contributed by atoms with Gasteiger partial charge < -0.3 is 23.8 Å². The van der Waals surface area contributed by atoms with E-state index < -0.39 is 11.8 Å². The van der Waals surface area contributed by atoms with Crippen LogP contribution in [0.25, 0.3) is 0 Å². The van der Waals surface area contributed by atoms with Crippen LogP contribution in [0, 0.1) is 34.5 Å². The van der Waals surface area contributed by atoms with E-state index >= 15 is 0 Å². The highest BCUT2D eigenvalue weighted by Gasteiger charge is 2.82. The van der Waals surface area contributed by atoms with E-state index in [2.05, 4.69) is 72.3 Å². The maximum absolute atomic E-state index is 9.94. The van der Waals surface area contributed by atoms with E-state index in [0.717, 1.165) is 13.5 Å². The van der Waals surface area contributed by atoms with Crippen LogP contribution < -0.4 is 0 Å². The van der Waals surface area contributed by atoms with E-state index in [0.29, 0.717) is 23.7 Å². The zero-order valence-electron chi connectivity index (χ0n) is 27.1. The van der Waals surface area contributed by atoms with Gasteiger partial charge in [-0.1, -0.05) is 74.0 Å². The number of carbonyl (C=O) groups is 4. The number of ketones is 3. The summed E-state index contributed by atoms with van der Waals surface area (Å²) in [5.74, 6) is 1.47. The Hall–Kier alpha value is -1.86. The van der Waals surface area contributed by atoms with Crippen molar-refractivity contribution in [2.45, 2.75) is 121 Å². The summed E-state index contributed by atoms with van der Waals surface area (Å²) >= 11 is 0. The molecule has 0 aromatic rings. The molecule has 2 heterocycles. The van der Waals surface area contributed by atoms with Crippen molar-refractivity contribution in [1.29, 1.82) is 0 Å². The van der Waals surface area contributed by atoms with E-state index in [9.17, 15) is 19.2 Å². The Morgan fingerprint density at radius 3 is 1.62 bits per heavy atom. The van der Waals surface area contributed by atoms with Crippen LogP contribution in [0.1, 0.15) is 103 Å². The molecule has 0 aromatic carbocycles. The van der Waals surface area contributed by atoms with Gasteiger partial charge in [-0.25, -0.2) is 4.79 Å². The van der Waals surface area contributed by atoms with Crippen LogP contribution in [0.2, 0.25) is 0 Å². The Morgan fingerprint density at radius 1 is 0.872 bits per heavy atom. The number of allylic oxidation sites excluding steroid dienone is 1. The third kappa shape index (κ3) is 7.46. The molecule has 0 amide bonds. The number of epoxide rings is 1. The second-order valence-corrected chi connectivity index (χ2v) is 12.0. The summed E-state index contributed by atoms with van der Waals surface area (Å²) in [7, 11) is 1.17. The van der Waals surface area contributed by atoms with Crippen LogP contribution in [-0.4, -0.2) is 54.8 Å². The summed E-state index contributed by atoms with van der Waals surface area (Å²) in [5, 5.41) is 0. The van der Waals surface area contributed by atoms with Gasteiger partial charge in [0.1, 0.15) is 17.2 Å². The number of esters is 1. The smallest absolute Gasteiger partial charge is 0.374 e. The Kier molecular flexibility index (Phi) is 14.5. The van der Waals surface area contributed by atoms with Gasteiger partial charge >= 0.3 is 5.97 Å². The first-order valence-electron chi connectivity index (χ1n) is 14.4. The number of fused-ring (bicyclic) bond motifs is 2. The van der Waals surface area contributed by atoms with Crippen molar-refractivity contribution < 1.29 is 33.4 Å². The fraction of sp³-hybridized carbons (Fsp3) is 0.812. The third-order valence-electron chi connectivity index (χ3n) is 8.99. The van der Waals surface area contributed by atoms with Gasteiger partial charge in [0.2, 0.25) is 5.78 Å². The molecule has 7 nitrogen and oxygen atoms in total. The molecule has 7 heteroatoms. The molecule has 9 atom stereocenters. The van der Waals surface area contributed by atoms with Crippen molar-refractivity contribution in [3.8, 4) is 0 Å². The van der Waals surface area contributed by atoms with Crippen LogP contribution in [0.15, 0.2) is 12.2 Å². The molecule has 2 saturated heterocycles. The van der Waals surface area contributed by atoms with Crippen molar-refractivity contribution in [2.24, 2.45) is 34.5 Å². The molecule has 3 fully saturated rings. The SMILES string of the molecule is CC(C)=O.CC(C)=O.CCC.CCC12C(C=CC(C)C1C)OC1C(C)[C@@H](C)[C@@]2(C)[C@]12CO2.COC(=O)C(C)=O. The van der Waals surface area contributed by atoms with Crippen molar-refractivity contribution in [3.05, 3.63) is 12.2 Å². The van der Waals surface area contributed by atoms with Gasteiger partial charge in [0, 0.05) is 17.8 Å². The summed E-state index contributed by atoms with van der Waals surface area (Å²) in [6.45, 7) is 27.0. The molecule has 1 saturated carbocycles. The van der Waals surface area contributed by atoms with E-state index in [1.807, 2.05) is 0 Å². The summed E-state index contributed by atoms with van der Waals surface area (Å²) in [5.41, 5.74) is 0.427. The monoisotopic (exact) mass is 552 g/mol. The maximum Gasteiger partial charge on any atom is 0.374 e. The fourth-order valence-electron chi connectivity index (χ4n) is 6.96. The lowest BCUT2D eigenvalue weighted by Crippen LogP contribution is -2.66. The summed E-state index contributed by atoms with van der Waals surface area (Å²) in [6, 6.07) is 0. The average Bonchev–Trinajstić information content (AvgIpc) is 3.62. The van der Waals surface area contributed by atoms with Gasteiger partial charge in [-0.2, -0.15) is 0 Å². The minimum Gasteiger partial charge on any atom is -0.463 e. The van der Waals surface area contributed by atoms with E-state index in [4.69, 9.17) is 9.47 Å². The first-order chi connectivity index (χ1) is 17.9. The van der Waals surface area contributed by atoms with Gasteiger partial charge in [0.15, 0.2) is 0 Å². The van der Waals surface area contributed by atoms with Crippen LogP contribution in [0.5, 0.6) is 0 Å². The number of Topliss-reactive ketones (excluding diaryl/α,β-unsaturated/α-hetero) is 3. The Labute approximate surface area is 237 Å². The van der Waals surface area contributed by atoms with Crippen molar-refractivity contribution in [1.82, 2.24) is 0 Å². The van der Waals surface area contributed by atoms with Gasteiger partial charge in [0.05, 0.1) is 25.9 Å². The number of ether oxygens (including phenoxy) is 3. The van der Waals surface area contributed by atoms with Crippen LogP contribution in [0.3, 0.4) is 0 Å². The quantitative estimate of drug-likeness (QED) is 0.169. The molecule has 0 N–H and O–H groups in total. The first-order valence-corrected chi connectivity index (χ1v) is 14.4. The Bertz CT molecular complexity index is 854. The number of hydrogen-bond acceptors (Lipinski definition) is 7. The zero-order valence-corrected chi connectivity index (χ0v) is 27.1. The lowest BCUT2D eigenvalue weighted by Gasteiger charge is -2.62. The summed E-state index contributed by atoms with van der Waals surface area (Å²) in [6.07, 6.45) is 7.74.